The van der Waals surface area contributed by atoms with Gasteiger partial charge >= 0.3 is 4.87 Å². The molecular formula is C16H10ClN5O2S. The summed E-state index contributed by atoms with van der Waals surface area (Å²) in [5, 5.41) is 15.2. The van der Waals surface area contributed by atoms with E-state index in [0.717, 1.165) is 11.3 Å². The number of benzene rings is 1. The van der Waals surface area contributed by atoms with Crippen molar-refractivity contribution in [3.05, 3.63) is 73.0 Å². The van der Waals surface area contributed by atoms with E-state index in [1.165, 1.54) is 0 Å². The maximum atomic E-state index is 11.3. The average Bonchev–Trinajstić information content (AvgIpc) is 3.11. The Kier molecular flexibility index (Phi) is 3.83. The number of halogens is 1. The number of aromatic hydroxyl groups is 1. The highest BCUT2D eigenvalue weighted by Gasteiger charge is 2.05. The summed E-state index contributed by atoms with van der Waals surface area (Å²) in [7, 11) is 0. The molecule has 124 valence electrons. The molecule has 3 heterocycles. The largest absolute Gasteiger partial charge is 0.493 e. The molecule has 0 saturated heterocycles. The number of rotatable bonds is 2. The van der Waals surface area contributed by atoms with Gasteiger partial charge in [0.1, 0.15) is 0 Å². The topological polar surface area (TPSA) is 95.6 Å². The summed E-state index contributed by atoms with van der Waals surface area (Å²) < 4.78 is 1.59. The molecule has 0 radical (unpaired) electrons. The summed E-state index contributed by atoms with van der Waals surface area (Å²) in [5.41, 5.74) is 1.75. The second-order valence-corrected chi connectivity index (χ2v) is 6.57. The van der Waals surface area contributed by atoms with Crippen molar-refractivity contribution in [1.29, 1.82) is 0 Å². The highest BCUT2D eigenvalue weighted by molar-refractivity contribution is 7.10. The van der Waals surface area contributed by atoms with Crippen LogP contribution >= 0.6 is 22.9 Å². The molecule has 4 rings (SSSR count). The number of nitrogens with zero attached hydrogens (tertiary/aromatic N) is 4. The highest BCUT2D eigenvalue weighted by Crippen LogP contribution is 2.17. The van der Waals surface area contributed by atoms with Crippen LogP contribution in [0.2, 0.25) is 5.02 Å². The fraction of sp³-hybridized carbons (Fsp3) is 0. The Balaban J connectivity index is 1.88. The number of hydrogen-bond acceptors (Lipinski definition) is 6. The van der Waals surface area contributed by atoms with Gasteiger partial charge in [-0.15, -0.1) is 0 Å². The van der Waals surface area contributed by atoms with Gasteiger partial charge in [-0.2, -0.15) is 5.10 Å². The molecule has 0 aliphatic rings. The molecule has 4 aromatic rings. The molecule has 0 fully saturated rings. The molecule has 0 amide bonds. The molecule has 1 aromatic carbocycles. The van der Waals surface area contributed by atoms with E-state index in [1.807, 2.05) is 12.1 Å². The number of hydrogen-bond donors (Lipinski definition) is 2. The second-order valence-electron chi connectivity index (χ2n) is 5.12. The van der Waals surface area contributed by atoms with Gasteiger partial charge < -0.3 is 5.11 Å². The molecule has 0 unspecified atom stereocenters. The van der Waals surface area contributed by atoms with E-state index in [1.54, 1.807) is 41.2 Å². The van der Waals surface area contributed by atoms with Gasteiger partial charge in [0.25, 0.3) is 0 Å². The van der Waals surface area contributed by atoms with Crippen molar-refractivity contribution in [3.63, 3.8) is 0 Å². The SMILES string of the molecule is O=c1[nH]c(O)c(/C=c2/cnn3ccc(=Nc4cccc(Cl)c4)nc23)s1. The van der Waals surface area contributed by atoms with Crippen molar-refractivity contribution in [3.8, 4) is 5.88 Å². The van der Waals surface area contributed by atoms with E-state index in [2.05, 4.69) is 20.1 Å². The lowest BCUT2D eigenvalue weighted by atomic mass is 10.3. The van der Waals surface area contributed by atoms with Crippen molar-refractivity contribution in [1.82, 2.24) is 19.6 Å². The lowest BCUT2D eigenvalue weighted by Gasteiger charge is -1.95. The molecule has 2 N–H and O–H groups in total. The van der Waals surface area contributed by atoms with Crippen LogP contribution in [-0.4, -0.2) is 24.7 Å². The molecule has 9 heteroatoms. The Morgan fingerprint density at radius 1 is 1.36 bits per heavy atom. The molecule has 0 saturated carbocycles. The third-order valence-corrected chi connectivity index (χ3v) is 4.43. The van der Waals surface area contributed by atoms with E-state index in [4.69, 9.17) is 11.6 Å². The first-order chi connectivity index (χ1) is 12.1. The fourth-order valence-electron chi connectivity index (χ4n) is 2.29. The van der Waals surface area contributed by atoms with Crippen LogP contribution in [0.25, 0.3) is 11.7 Å². The molecule has 7 nitrogen and oxygen atoms in total. The van der Waals surface area contributed by atoms with Gasteiger partial charge in [-0.1, -0.05) is 29.0 Å². The smallest absolute Gasteiger partial charge is 0.307 e. The maximum absolute atomic E-state index is 11.3. The van der Waals surface area contributed by atoms with Crippen molar-refractivity contribution >= 4 is 40.3 Å². The Morgan fingerprint density at radius 3 is 3.00 bits per heavy atom. The zero-order chi connectivity index (χ0) is 17.4. The fourth-order valence-corrected chi connectivity index (χ4v) is 3.16. The van der Waals surface area contributed by atoms with Crippen molar-refractivity contribution in [2.45, 2.75) is 0 Å². The van der Waals surface area contributed by atoms with Crippen molar-refractivity contribution < 1.29 is 5.11 Å². The lowest BCUT2D eigenvalue weighted by Crippen LogP contribution is -2.12. The maximum Gasteiger partial charge on any atom is 0.307 e. The molecule has 0 spiro atoms. The van der Waals surface area contributed by atoms with Gasteiger partial charge in [0, 0.05) is 22.5 Å². The number of aromatic amines is 1. The standard InChI is InChI=1S/C16H10ClN5O2S/c17-10-2-1-3-11(7-10)19-13-4-5-22-14(20-13)9(8-18-22)6-12-15(23)21-16(24)25-12/h1-8,23H,(H,21,24)/b9-6-,19-13?. The van der Waals surface area contributed by atoms with Gasteiger partial charge in [-0.05, 0) is 24.3 Å². The van der Waals surface area contributed by atoms with Crippen LogP contribution in [0.4, 0.5) is 5.69 Å². The Hall–Kier alpha value is -2.97. The van der Waals surface area contributed by atoms with E-state index in [-0.39, 0.29) is 10.8 Å². The Bertz CT molecular complexity index is 1260. The molecule has 0 bridgehead atoms. The number of nitrogens with one attached hydrogen (secondary N) is 1. The van der Waals surface area contributed by atoms with Crippen LogP contribution in [0.5, 0.6) is 5.88 Å². The van der Waals surface area contributed by atoms with Gasteiger partial charge in [-0.3, -0.25) is 9.78 Å². The van der Waals surface area contributed by atoms with Gasteiger partial charge in [-0.25, -0.2) is 14.5 Å². The van der Waals surface area contributed by atoms with Crippen LogP contribution in [0.1, 0.15) is 4.88 Å². The van der Waals surface area contributed by atoms with Crippen LogP contribution < -0.4 is 15.6 Å². The summed E-state index contributed by atoms with van der Waals surface area (Å²) in [6.45, 7) is 0. The normalized spacial score (nSPS) is 13.0. The zero-order valence-corrected chi connectivity index (χ0v) is 14.1. The Morgan fingerprint density at radius 2 is 2.24 bits per heavy atom. The summed E-state index contributed by atoms with van der Waals surface area (Å²) in [4.78, 5) is 22.7. The minimum Gasteiger partial charge on any atom is -0.493 e. The van der Waals surface area contributed by atoms with E-state index < -0.39 is 0 Å². The van der Waals surface area contributed by atoms with E-state index in [9.17, 15) is 9.90 Å². The minimum absolute atomic E-state index is 0.172. The highest BCUT2D eigenvalue weighted by atomic mass is 35.5. The first-order valence-corrected chi connectivity index (χ1v) is 8.36. The summed E-state index contributed by atoms with van der Waals surface area (Å²) in [6.07, 6.45) is 4.99. The number of aromatic nitrogens is 4. The van der Waals surface area contributed by atoms with Crippen molar-refractivity contribution in [2.24, 2.45) is 4.99 Å². The quantitative estimate of drug-likeness (QED) is 0.559. The molecule has 0 aliphatic carbocycles. The molecule has 0 atom stereocenters. The summed E-state index contributed by atoms with van der Waals surface area (Å²) in [6, 6.07) is 8.89. The van der Waals surface area contributed by atoms with E-state index in [0.29, 0.717) is 31.9 Å². The number of thiazole rings is 1. The third kappa shape index (κ3) is 3.17. The summed E-state index contributed by atoms with van der Waals surface area (Å²) in [5.74, 6) is -0.172. The predicted octanol–water partition coefficient (Wildman–Crippen LogP) is 1.62. The monoisotopic (exact) mass is 371 g/mol. The minimum atomic E-state index is -0.329. The van der Waals surface area contributed by atoms with Crippen LogP contribution in [0.3, 0.4) is 0 Å². The average molecular weight is 372 g/mol. The Labute approximate surface area is 149 Å². The van der Waals surface area contributed by atoms with Crippen LogP contribution in [-0.2, 0) is 0 Å². The van der Waals surface area contributed by atoms with Crippen LogP contribution in [0, 0.1) is 0 Å². The third-order valence-electron chi connectivity index (χ3n) is 3.38. The first-order valence-electron chi connectivity index (χ1n) is 7.17. The molecule has 25 heavy (non-hydrogen) atoms. The number of H-pyrrole nitrogens is 1. The molecule has 3 aromatic heterocycles. The zero-order valence-electron chi connectivity index (χ0n) is 12.5. The van der Waals surface area contributed by atoms with Crippen LogP contribution in [0.15, 0.2) is 52.5 Å². The second kappa shape index (κ2) is 6.15. The van der Waals surface area contributed by atoms with Crippen molar-refractivity contribution in [2.75, 3.05) is 0 Å². The number of fused-ring (bicyclic) bond motifs is 1. The lowest BCUT2D eigenvalue weighted by molar-refractivity contribution is 0.455. The van der Waals surface area contributed by atoms with Gasteiger partial charge in [0.05, 0.1) is 16.8 Å². The predicted molar refractivity (Wildman–Crippen MR) is 95.1 cm³/mol. The molecular weight excluding hydrogens is 362 g/mol. The molecule has 0 aliphatic heterocycles. The van der Waals surface area contributed by atoms with E-state index >= 15 is 0 Å². The first kappa shape index (κ1) is 15.6. The van der Waals surface area contributed by atoms with Gasteiger partial charge in [0.15, 0.2) is 11.1 Å². The summed E-state index contributed by atoms with van der Waals surface area (Å²) >= 11 is 6.88. The van der Waals surface area contributed by atoms with Gasteiger partial charge in [0.2, 0.25) is 5.88 Å².